The minimum absolute atomic E-state index is 0.00520. The quantitative estimate of drug-likeness (QED) is 0.743. The van der Waals surface area contributed by atoms with Gasteiger partial charge in [-0.2, -0.15) is 18.0 Å². The van der Waals surface area contributed by atoms with E-state index in [-0.39, 0.29) is 13.2 Å². The van der Waals surface area contributed by atoms with Crippen LogP contribution in [0.2, 0.25) is 0 Å². The van der Waals surface area contributed by atoms with E-state index in [4.69, 9.17) is 5.26 Å². The van der Waals surface area contributed by atoms with Gasteiger partial charge in [-0.05, 0) is 13.8 Å². The number of carbonyl (C=O) groups is 1. The first-order valence-electron chi connectivity index (χ1n) is 4.64. The maximum Gasteiger partial charge on any atom is 0.421 e. The van der Waals surface area contributed by atoms with Crippen LogP contribution in [-0.4, -0.2) is 39.0 Å². The SMILES string of the molecule is CCOC(=O)NS(=O)(=O)N(C)CC(C)C#N. The highest BCUT2D eigenvalue weighted by Crippen LogP contribution is 2.01. The van der Waals surface area contributed by atoms with Crippen molar-refractivity contribution in [3.63, 3.8) is 0 Å². The van der Waals surface area contributed by atoms with E-state index in [1.54, 1.807) is 18.6 Å². The van der Waals surface area contributed by atoms with Crippen LogP contribution in [0.25, 0.3) is 0 Å². The number of hydrogen-bond donors (Lipinski definition) is 1. The summed E-state index contributed by atoms with van der Waals surface area (Å²) >= 11 is 0. The van der Waals surface area contributed by atoms with Crippen molar-refractivity contribution >= 4 is 16.3 Å². The highest BCUT2D eigenvalue weighted by atomic mass is 32.2. The Morgan fingerprint density at radius 1 is 1.62 bits per heavy atom. The van der Waals surface area contributed by atoms with Gasteiger partial charge in [0, 0.05) is 13.6 Å². The molecule has 1 N–H and O–H groups in total. The molecule has 8 heteroatoms. The zero-order valence-corrected chi connectivity index (χ0v) is 10.2. The maximum absolute atomic E-state index is 11.5. The fraction of sp³-hybridized carbons (Fsp3) is 0.750. The molecule has 0 aromatic rings. The van der Waals surface area contributed by atoms with Crippen molar-refractivity contribution in [3.8, 4) is 6.07 Å². The smallest absolute Gasteiger partial charge is 0.421 e. The molecule has 92 valence electrons. The van der Waals surface area contributed by atoms with Crippen molar-refractivity contribution in [1.82, 2.24) is 9.03 Å². The van der Waals surface area contributed by atoms with Crippen molar-refractivity contribution < 1.29 is 17.9 Å². The van der Waals surface area contributed by atoms with E-state index in [9.17, 15) is 13.2 Å². The largest absolute Gasteiger partial charge is 0.449 e. The molecule has 0 bridgehead atoms. The van der Waals surface area contributed by atoms with Crippen molar-refractivity contribution in [3.05, 3.63) is 0 Å². The monoisotopic (exact) mass is 249 g/mol. The lowest BCUT2D eigenvalue weighted by Crippen LogP contribution is -2.43. The normalized spacial score (nSPS) is 12.9. The first-order valence-corrected chi connectivity index (χ1v) is 6.08. The Balaban J connectivity index is 4.44. The van der Waals surface area contributed by atoms with Crippen molar-refractivity contribution in [2.24, 2.45) is 5.92 Å². The van der Waals surface area contributed by atoms with Crippen LogP contribution in [0.1, 0.15) is 13.8 Å². The Morgan fingerprint density at radius 2 is 2.19 bits per heavy atom. The molecule has 7 nitrogen and oxygen atoms in total. The Kier molecular flexibility index (Phi) is 5.77. The maximum atomic E-state index is 11.5. The molecule has 0 aliphatic carbocycles. The summed E-state index contributed by atoms with van der Waals surface area (Å²) in [5.74, 6) is -0.455. The fourth-order valence-corrected chi connectivity index (χ4v) is 1.71. The number of hydrogen-bond acceptors (Lipinski definition) is 5. The second-order valence-corrected chi connectivity index (χ2v) is 4.92. The van der Waals surface area contributed by atoms with Gasteiger partial charge in [-0.15, -0.1) is 0 Å². The van der Waals surface area contributed by atoms with Gasteiger partial charge in [-0.25, -0.2) is 9.52 Å². The van der Waals surface area contributed by atoms with Gasteiger partial charge in [0.1, 0.15) is 0 Å². The van der Waals surface area contributed by atoms with Crippen LogP contribution in [0, 0.1) is 17.2 Å². The van der Waals surface area contributed by atoms with Crippen LogP contribution in [0.3, 0.4) is 0 Å². The molecule has 1 amide bonds. The summed E-state index contributed by atoms with van der Waals surface area (Å²) in [6, 6.07) is 1.90. The molecule has 1 atom stereocenters. The third kappa shape index (κ3) is 4.95. The molecular weight excluding hydrogens is 234 g/mol. The van der Waals surface area contributed by atoms with Gasteiger partial charge in [-0.3, -0.25) is 0 Å². The molecule has 0 rings (SSSR count). The van der Waals surface area contributed by atoms with Crippen LogP contribution in [-0.2, 0) is 14.9 Å². The summed E-state index contributed by atoms with van der Waals surface area (Å²) in [5, 5.41) is 8.53. The van der Waals surface area contributed by atoms with Crippen LogP contribution >= 0.6 is 0 Å². The molecule has 0 saturated carbocycles. The summed E-state index contributed by atoms with van der Waals surface area (Å²) in [5.41, 5.74) is 0. The molecule has 0 aromatic carbocycles. The molecule has 0 spiro atoms. The third-order valence-corrected chi connectivity index (χ3v) is 3.04. The van der Waals surface area contributed by atoms with E-state index in [0.717, 1.165) is 4.31 Å². The van der Waals surface area contributed by atoms with Gasteiger partial charge in [-0.1, -0.05) is 0 Å². The van der Waals surface area contributed by atoms with Crippen molar-refractivity contribution in [2.75, 3.05) is 20.2 Å². The Bertz CT molecular complexity index is 373. The van der Waals surface area contributed by atoms with Crippen LogP contribution < -0.4 is 4.72 Å². The van der Waals surface area contributed by atoms with Gasteiger partial charge in [0.15, 0.2) is 0 Å². The molecule has 0 aliphatic rings. The Hall–Kier alpha value is -1.33. The average molecular weight is 249 g/mol. The topological polar surface area (TPSA) is 99.5 Å². The molecular formula is C8H15N3O4S. The molecule has 1 unspecified atom stereocenters. The first-order chi connectivity index (χ1) is 7.33. The molecule has 0 aliphatic heterocycles. The molecule has 0 saturated heterocycles. The fourth-order valence-electron chi connectivity index (χ4n) is 0.868. The number of nitrogens with one attached hydrogen (secondary N) is 1. The third-order valence-electron chi connectivity index (χ3n) is 1.65. The number of amides is 1. The van der Waals surface area contributed by atoms with Gasteiger partial charge in [0.2, 0.25) is 0 Å². The molecule has 16 heavy (non-hydrogen) atoms. The predicted molar refractivity (Wildman–Crippen MR) is 56.5 cm³/mol. The standard InChI is InChI=1S/C8H15N3O4S/c1-4-15-8(12)10-16(13,14)11(3)6-7(2)5-9/h7H,4,6H2,1-3H3,(H,10,12). The number of carbonyl (C=O) groups excluding carboxylic acids is 1. The zero-order chi connectivity index (χ0) is 12.8. The van der Waals surface area contributed by atoms with Gasteiger partial charge >= 0.3 is 16.3 Å². The minimum Gasteiger partial charge on any atom is -0.449 e. The number of nitriles is 1. The summed E-state index contributed by atoms with van der Waals surface area (Å²) in [7, 11) is -2.66. The van der Waals surface area contributed by atoms with Crippen LogP contribution in [0.15, 0.2) is 0 Å². The molecule has 0 heterocycles. The van der Waals surface area contributed by atoms with Crippen molar-refractivity contribution in [1.29, 1.82) is 5.26 Å². The summed E-state index contributed by atoms with van der Waals surface area (Å²) in [6.45, 7) is 3.23. The van der Waals surface area contributed by atoms with Gasteiger partial charge in [0.05, 0.1) is 18.6 Å². The van der Waals surface area contributed by atoms with E-state index in [2.05, 4.69) is 4.74 Å². The van der Waals surface area contributed by atoms with Gasteiger partial charge < -0.3 is 4.74 Å². The van der Waals surface area contributed by atoms with E-state index >= 15 is 0 Å². The lowest BCUT2D eigenvalue weighted by molar-refractivity contribution is 0.158. The Labute approximate surface area is 95.2 Å². The van der Waals surface area contributed by atoms with E-state index < -0.39 is 22.2 Å². The summed E-state index contributed by atoms with van der Waals surface area (Å²) in [4.78, 5) is 10.9. The second kappa shape index (κ2) is 6.30. The van der Waals surface area contributed by atoms with Gasteiger partial charge in [0.25, 0.3) is 0 Å². The average Bonchev–Trinajstić information content (AvgIpc) is 2.16. The van der Waals surface area contributed by atoms with E-state index in [0.29, 0.717) is 0 Å². The minimum atomic E-state index is -3.93. The molecule has 0 radical (unpaired) electrons. The molecule has 0 fully saturated rings. The van der Waals surface area contributed by atoms with Crippen molar-refractivity contribution in [2.45, 2.75) is 13.8 Å². The Morgan fingerprint density at radius 3 is 2.62 bits per heavy atom. The number of nitrogens with zero attached hydrogens (tertiary/aromatic N) is 2. The summed E-state index contributed by atoms with van der Waals surface area (Å²) < 4.78 is 30.0. The van der Waals surface area contributed by atoms with E-state index in [1.807, 2.05) is 6.07 Å². The highest BCUT2D eigenvalue weighted by molar-refractivity contribution is 7.87. The zero-order valence-electron chi connectivity index (χ0n) is 9.43. The predicted octanol–water partition coefficient (Wildman–Crippen LogP) is 0.0688. The lowest BCUT2D eigenvalue weighted by atomic mass is 10.2. The van der Waals surface area contributed by atoms with E-state index in [1.165, 1.54) is 7.05 Å². The first kappa shape index (κ1) is 14.7. The number of rotatable bonds is 5. The number of ether oxygens (including phenoxy) is 1. The van der Waals surface area contributed by atoms with Crippen LogP contribution in [0.5, 0.6) is 0 Å². The summed E-state index contributed by atoms with van der Waals surface area (Å²) in [6.07, 6.45) is -1.03. The molecule has 0 aromatic heterocycles. The lowest BCUT2D eigenvalue weighted by Gasteiger charge is -2.17. The second-order valence-electron chi connectivity index (χ2n) is 3.14. The van der Waals surface area contributed by atoms with Crippen LogP contribution in [0.4, 0.5) is 4.79 Å². The highest BCUT2D eigenvalue weighted by Gasteiger charge is 2.22.